The Hall–Kier alpha value is -5.93. The molecule has 6 aromatic carbocycles. The summed E-state index contributed by atoms with van der Waals surface area (Å²) in [4.78, 5) is 14.8. The molecule has 9 rings (SSSR count). The second-order valence-electron chi connectivity index (χ2n) is 12.9. The number of nitrogens with zero attached hydrogens (tertiary/aromatic N) is 3. The molecule has 2 heterocycles. The molecule has 8 aromatic rings. The summed E-state index contributed by atoms with van der Waals surface area (Å²) < 4.78 is 0. The highest BCUT2D eigenvalue weighted by Gasteiger charge is 2.35. The van der Waals surface area contributed by atoms with Gasteiger partial charge in [0, 0.05) is 34.5 Å². The molecule has 47 heavy (non-hydrogen) atoms. The summed E-state index contributed by atoms with van der Waals surface area (Å²) in [6, 6.07) is 49.7. The summed E-state index contributed by atoms with van der Waals surface area (Å²) in [7, 11) is 0. The van der Waals surface area contributed by atoms with Crippen LogP contribution in [0.3, 0.4) is 0 Å². The van der Waals surface area contributed by atoms with Gasteiger partial charge in [0.25, 0.3) is 0 Å². The van der Waals surface area contributed by atoms with Gasteiger partial charge in [-0.2, -0.15) is 0 Å². The van der Waals surface area contributed by atoms with Crippen LogP contribution in [0.2, 0.25) is 0 Å². The lowest BCUT2D eigenvalue weighted by atomic mass is 9.81. The van der Waals surface area contributed by atoms with Crippen molar-refractivity contribution in [1.82, 2.24) is 15.0 Å². The Bertz CT molecular complexity index is 2480. The molecule has 1 aliphatic carbocycles. The van der Waals surface area contributed by atoms with Gasteiger partial charge in [-0.3, -0.25) is 4.98 Å². The average Bonchev–Trinajstić information content (AvgIpc) is 3.36. The number of pyridine rings is 1. The number of aromatic nitrogens is 3. The SMILES string of the molecule is CC1(C)c2ccccc2-c2cc3ccc4c(-c5nc(-c6ccccc6)cc(-c6ccccc6-c6ccncc6)n5)cccc4c3cc21. The summed E-state index contributed by atoms with van der Waals surface area (Å²) >= 11 is 0. The van der Waals surface area contributed by atoms with E-state index in [9.17, 15) is 0 Å². The van der Waals surface area contributed by atoms with Gasteiger partial charge in [0.1, 0.15) is 0 Å². The van der Waals surface area contributed by atoms with Crippen molar-refractivity contribution in [2.75, 3.05) is 0 Å². The third kappa shape index (κ3) is 4.39. The first-order chi connectivity index (χ1) is 23.1. The lowest BCUT2D eigenvalue weighted by Crippen LogP contribution is -2.14. The van der Waals surface area contributed by atoms with E-state index in [1.807, 2.05) is 30.6 Å². The lowest BCUT2D eigenvalue weighted by molar-refractivity contribution is 0.661. The summed E-state index contributed by atoms with van der Waals surface area (Å²) in [5.41, 5.74) is 12.5. The van der Waals surface area contributed by atoms with Gasteiger partial charge in [-0.15, -0.1) is 0 Å². The van der Waals surface area contributed by atoms with Gasteiger partial charge in [-0.05, 0) is 85.3 Å². The molecule has 0 spiro atoms. The number of hydrogen-bond acceptors (Lipinski definition) is 3. The lowest BCUT2D eigenvalue weighted by Gasteiger charge is -2.22. The number of hydrogen-bond donors (Lipinski definition) is 0. The molecule has 0 aliphatic heterocycles. The standard InChI is InChI=1S/C44H31N3/c1-44(2)39-18-9-8-14-34(39)38-25-30-19-20-33-32(37(30)26-40(38)44)16-10-17-36(33)43-46-41(29-11-4-3-5-12-29)27-42(47-43)35-15-7-6-13-31(35)28-21-23-45-24-22-28/h3-27H,1-2H3. The maximum absolute atomic E-state index is 5.30. The second kappa shape index (κ2) is 10.6. The minimum atomic E-state index is -0.0654. The molecule has 3 heteroatoms. The number of benzene rings is 6. The molecular formula is C44H31N3. The van der Waals surface area contributed by atoms with Crippen LogP contribution in [-0.2, 0) is 5.41 Å². The molecule has 0 amide bonds. The number of rotatable bonds is 4. The summed E-state index contributed by atoms with van der Waals surface area (Å²) in [5.74, 6) is 0.713. The Morgan fingerprint density at radius 3 is 1.96 bits per heavy atom. The van der Waals surface area contributed by atoms with Crippen LogP contribution in [0.1, 0.15) is 25.0 Å². The maximum Gasteiger partial charge on any atom is 0.161 e. The van der Waals surface area contributed by atoms with Crippen LogP contribution in [0.4, 0.5) is 0 Å². The smallest absolute Gasteiger partial charge is 0.161 e. The highest BCUT2D eigenvalue weighted by atomic mass is 14.9. The van der Waals surface area contributed by atoms with Crippen LogP contribution in [-0.4, -0.2) is 15.0 Å². The van der Waals surface area contributed by atoms with Crippen molar-refractivity contribution in [2.24, 2.45) is 0 Å². The van der Waals surface area contributed by atoms with E-state index in [4.69, 9.17) is 9.97 Å². The van der Waals surface area contributed by atoms with E-state index in [1.165, 1.54) is 38.4 Å². The fraction of sp³-hybridized carbons (Fsp3) is 0.0682. The fourth-order valence-electron chi connectivity index (χ4n) is 7.44. The van der Waals surface area contributed by atoms with Crippen molar-refractivity contribution >= 4 is 21.5 Å². The normalized spacial score (nSPS) is 13.1. The highest BCUT2D eigenvalue weighted by molar-refractivity contribution is 6.13. The average molecular weight is 602 g/mol. The fourth-order valence-corrected chi connectivity index (χ4v) is 7.44. The minimum Gasteiger partial charge on any atom is -0.265 e. The van der Waals surface area contributed by atoms with E-state index in [0.717, 1.165) is 44.6 Å². The van der Waals surface area contributed by atoms with Crippen molar-refractivity contribution in [3.63, 3.8) is 0 Å². The van der Waals surface area contributed by atoms with E-state index >= 15 is 0 Å². The van der Waals surface area contributed by atoms with Crippen molar-refractivity contribution in [3.05, 3.63) is 163 Å². The molecule has 222 valence electrons. The minimum absolute atomic E-state index is 0.0654. The second-order valence-corrected chi connectivity index (χ2v) is 12.9. The Balaban J connectivity index is 1.27. The van der Waals surface area contributed by atoms with Gasteiger partial charge in [0.05, 0.1) is 11.4 Å². The van der Waals surface area contributed by atoms with E-state index in [1.54, 1.807) is 0 Å². The Morgan fingerprint density at radius 1 is 0.426 bits per heavy atom. The van der Waals surface area contributed by atoms with Gasteiger partial charge in [-0.1, -0.05) is 123 Å². The van der Waals surface area contributed by atoms with E-state index in [2.05, 4.69) is 140 Å². The van der Waals surface area contributed by atoms with E-state index in [-0.39, 0.29) is 5.41 Å². The van der Waals surface area contributed by atoms with Crippen molar-refractivity contribution in [1.29, 1.82) is 0 Å². The summed E-state index contributed by atoms with van der Waals surface area (Å²) in [5, 5.41) is 4.85. The van der Waals surface area contributed by atoms with Gasteiger partial charge >= 0.3 is 0 Å². The zero-order valence-corrected chi connectivity index (χ0v) is 26.3. The largest absolute Gasteiger partial charge is 0.265 e. The van der Waals surface area contributed by atoms with Crippen molar-refractivity contribution in [3.8, 4) is 56.2 Å². The predicted molar refractivity (Wildman–Crippen MR) is 194 cm³/mol. The third-order valence-electron chi connectivity index (χ3n) is 9.81. The van der Waals surface area contributed by atoms with Crippen LogP contribution in [0.5, 0.6) is 0 Å². The van der Waals surface area contributed by atoms with Crippen LogP contribution in [0.25, 0.3) is 77.7 Å². The van der Waals surface area contributed by atoms with Gasteiger partial charge < -0.3 is 0 Å². The molecule has 0 fully saturated rings. The maximum atomic E-state index is 5.30. The number of fused-ring (bicyclic) bond motifs is 6. The molecule has 3 nitrogen and oxygen atoms in total. The van der Waals surface area contributed by atoms with Gasteiger partial charge in [0.15, 0.2) is 5.82 Å². The highest BCUT2D eigenvalue weighted by Crippen LogP contribution is 2.50. The van der Waals surface area contributed by atoms with Crippen LogP contribution in [0, 0.1) is 0 Å². The molecule has 0 unspecified atom stereocenters. The van der Waals surface area contributed by atoms with Crippen LogP contribution < -0.4 is 0 Å². The first-order valence-electron chi connectivity index (χ1n) is 16.1. The summed E-state index contributed by atoms with van der Waals surface area (Å²) in [6.45, 7) is 4.68. The van der Waals surface area contributed by atoms with Crippen LogP contribution in [0.15, 0.2) is 152 Å². The molecule has 0 radical (unpaired) electrons. The zero-order valence-electron chi connectivity index (χ0n) is 26.3. The van der Waals surface area contributed by atoms with E-state index in [0.29, 0.717) is 5.82 Å². The zero-order chi connectivity index (χ0) is 31.5. The first kappa shape index (κ1) is 27.4. The molecular weight excluding hydrogens is 571 g/mol. The third-order valence-corrected chi connectivity index (χ3v) is 9.81. The predicted octanol–water partition coefficient (Wildman–Crippen LogP) is 11.2. The Labute approximate surface area is 274 Å². The first-order valence-corrected chi connectivity index (χ1v) is 16.1. The quantitative estimate of drug-likeness (QED) is 0.188. The van der Waals surface area contributed by atoms with Gasteiger partial charge in [0.2, 0.25) is 0 Å². The summed E-state index contributed by atoms with van der Waals surface area (Å²) in [6.07, 6.45) is 3.67. The molecule has 0 saturated carbocycles. The molecule has 0 saturated heterocycles. The molecule has 1 aliphatic rings. The van der Waals surface area contributed by atoms with E-state index < -0.39 is 0 Å². The Morgan fingerprint density at radius 2 is 1.13 bits per heavy atom. The molecule has 2 aromatic heterocycles. The molecule has 0 N–H and O–H groups in total. The Kier molecular flexibility index (Phi) is 6.16. The molecule has 0 bridgehead atoms. The van der Waals surface area contributed by atoms with Crippen LogP contribution >= 0.6 is 0 Å². The monoisotopic (exact) mass is 601 g/mol. The topological polar surface area (TPSA) is 38.7 Å². The van der Waals surface area contributed by atoms with Crippen molar-refractivity contribution in [2.45, 2.75) is 19.3 Å². The van der Waals surface area contributed by atoms with Gasteiger partial charge in [-0.25, -0.2) is 9.97 Å². The molecule has 0 atom stereocenters. The van der Waals surface area contributed by atoms with Crippen molar-refractivity contribution < 1.29 is 0 Å².